The number of thiocarbonyl (C=S) groups is 1. The van der Waals surface area contributed by atoms with Crippen LogP contribution in [0.25, 0.3) is 27.5 Å². The first-order valence-electron chi connectivity index (χ1n) is 9.90. The average molecular weight is 492 g/mol. The molecule has 0 aliphatic heterocycles. The van der Waals surface area contributed by atoms with E-state index >= 15 is 0 Å². The Labute approximate surface area is 204 Å². The van der Waals surface area contributed by atoms with Crippen LogP contribution in [0.3, 0.4) is 0 Å². The molecule has 1 aromatic heterocycles. The lowest BCUT2D eigenvalue weighted by molar-refractivity contribution is 0.0979. The number of fused-ring (bicyclic) bond motifs is 2. The molecule has 0 fully saturated rings. The molecular weight excluding hydrogens is 477 g/mol. The first kappa shape index (κ1) is 21.3. The highest BCUT2D eigenvalue weighted by molar-refractivity contribution is 7.80. The van der Waals surface area contributed by atoms with Gasteiger partial charge in [0.1, 0.15) is 11.0 Å². The minimum Gasteiger partial charge on any atom is -0.332 e. The molecule has 162 valence electrons. The van der Waals surface area contributed by atoms with E-state index in [1.807, 2.05) is 48.5 Å². The smallest absolute Gasteiger partial charge is 0.258 e. The van der Waals surface area contributed by atoms with Crippen molar-refractivity contribution in [1.82, 2.24) is 20.3 Å². The number of aromatic nitrogens is 3. The second-order valence-corrected chi connectivity index (χ2v) is 8.47. The van der Waals surface area contributed by atoms with Gasteiger partial charge in [0.05, 0.1) is 5.69 Å². The van der Waals surface area contributed by atoms with E-state index in [1.165, 1.54) is 4.80 Å². The number of carbonyl (C=O) groups is 1. The number of hydrogen-bond donors (Lipinski definition) is 2. The van der Waals surface area contributed by atoms with Crippen LogP contribution in [0.5, 0.6) is 0 Å². The highest BCUT2D eigenvalue weighted by atomic mass is 35.5. The summed E-state index contributed by atoms with van der Waals surface area (Å²) < 4.78 is 0. The first-order chi connectivity index (χ1) is 16.0. The molecule has 0 aliphatic rings. The van der Waals surface area contributed by atoms with E-state index in [0.29, 0.717) is 26.8 Å². The Hall–Kier alpha value is -3.52. The van der Waals surface area contributed by atoms with E-state index in [2.05, 4.69) is 20.8 Å². The number of benzene rings is 4. The third-order valence-electron chi connectivity index (χ3n) is 5.04. The van der Waals surface area contributed by atoms with E-state index in [0.717, 1.165) is 22.0 Å². The Morgan fingerprint density at radius 3 is 2.39 bits per heavy atom. The monoisotopic (exact) mass is 491 g/mol. The molecule has 0 saturated carbocycles. The number of anilines is 1. The molecule has 6 nitrogen and oxygen atoms in total. The summed E-state index contributed by atoms with van der Waals surface area (Å²) in [7, 11) is 0. The van der Waals surface area contributed by atoms with Gasteiger partial charge in [-0.25, -0.2) is 0 Å². The zero-order valence-electron chi connectivity index (χ0n) is 16.9. The maximum atomic E-state index is 12.9. The molecule has 4 aromatic carbocycles. The molecule has 0 atom stereocenters. The van der Waals surface area contributed by atoms with Gasteiger partial charge >= 0.3 is 0 Å². The van der Waals surface area contributed by atoms with Crippen molar-refractivity contribution >= 4 is 73.9 Å². The summed E-state index contributed by atoms with van der Waals surface area (Å²) >= 11 is 17.6. The van der Waals surface area contributed by atoms with Crippen molar-refractivity contribution in [2.75, 3.05) is 5.32 Å². The van der Waals surface area contributed by atoms with E-state index in [1.54, 1.807) is 30.3 Å². The van der Waals surface area contributed by atoms with Gasteiger partial charge in [-0.3, -0.25) is 10.1 Å². The molecule has 0 bridgehead atoms. The second kappa shape index (κ2) is 8.78. The average Bonchev–Trinajstić information content (AvgIpc) is 3.23. The fourth-order valence-electron chi connectivity index (χ4n) is 3.48. The number of carbonyl (C=O) groups excluding carboxylic acids is 1. The molecule has 33 heavy (non-hydrogen) atoms. The molecule has 0 unspecified atom stereocenters. The maximum absolute atomic E-state index is 12.9. The molecule has 1 heterocycles. The first-order valence-corrected chi connectivity index (χ1v) is 11.1. The Bertz CT molecular complexity index is 1530. The third-order valence-corrected chi connectivity index (χ3v) is 5.82. The summed E-state index contributed by atoms with van der Waals surface area (Å²) in [6.07, 6.45) is 0. The summed E-state index contributed by atoms with van der Waals surface area (Å²) in [6, 6.07) is 23.5. The number of nitrogens with one attached hydrogen (secondary N) is 2. The number of hydrogen-bond acceptors (Lipinski definition) is 4. The van der Waals surface area contributed by atoms with Gasteiger partial charge in [-0.05, 0) is 72.2 Å². The molecule has 0 radical (unpaired) electrons. The summed E-state index contributed by atoms with van der Waals surface area (Å²) in [4.78, 5) is 14.4. The molecule has 5 rings (SSSR count). The van der Waals surface area contributed by atoms with Crippen molar-refractivity contribution < 1.29 is 4.79 Å². The van der Waals surface area contributed by atoms with Crippen molar-refractivity contribution in [2.24, 2.45) is 0 Å². The van der Waals surface area contributed by atoms with Crippen LogP contribution in [0.1, 0.15) is 10.4 Å². The van der Waals surface area contributed by atoms with E-state index in [-0.39, 0.29) is 11.0 Å². The number of amides is 1. The molecule has 5 aromatic rings. The van der Waals surface area contributed by atoms with Crippen molar-refractivity contribution in [3.8, 4) is 5.69 Å². The number of halogens is 2. The topological polar surface area (TPSA) is 71.8 Å². The predicted molar refractivity (Wildman–Crippen MR) is 137 cm³/mol. The minimum absolute atomic E-state index is 0.170. The molecular formula is C24H15Cl2N5OS. The Kier molecular flexibility index (Phi) is 5.68. The van der Waals surface area contributed by atoms with Crippen LogP contribution in [0.15, 0.2) is 78.9 Å². The van der Waals surface area contributed by atoms with Gasteiger partial charge in [0, 0.05) is 26.7 Å². The zero-order chi connectivity index (χ0) is 22.9. The van der Waals surface area contributed by atoms with E-state index in [4.69, 9.17) is 35.4 Å². The van der Waals surface area contributed by atoms with Crippen molar-refractivity contribution in [1.29, 1.82) is 0 Å². The van der Waals surface area contributed by atoms with Crippen LogP contribution >= 0.6 is 35.4 Å². The fraction of sp³-hybridized carbons (Fsp3) is 0. The van der Waals surface area contributed by atoms with Crippen LogP contribution in [0, 0.1) is 0 Å². The van der Waals surface area contributed by atoms with Gasteiger partial charge in [0.25, 0.3) is 5.91 Å². The lowest BCUT2D eigenvalue weighted by Gasteiger charge is -2.11. The van der Waals surface area contributed by atoms with Gasteiger partial charge in [-0.2, -0.15) is 4.80 Å². The largest absolute Gasteiger partial charge is 0.332 e. The van der Waals surface area contributed by atoms with E-state index in [9.17, 15) is 4.79 Å². The molecule has 0 saturated heterocycles. The summed E-state index contributed by atoms with van der Waals surface area (Å²) in [6.45, 7) is 0. The Morgan fingerprint density at radius 1 is 0.848 bits per heavy atom. The van der Waals surface area contributed by atoms with Gasteiger partial charge in [-0.1, -0.05) is 47.5 Å². The van der Waals surface area contributed by atoms with Crippen LogP contribution in [0.4, 0.5) is 5.69 Å². The van der Waals surface area contributed by atoms with Gasteiger partial charge in [0.15, 0.2) is 5.11 Å². The van der Waals surface area contributed by atoms with Gasteiger partial charge < -0.3 is 5.32 Å². The normalized spacial score (nSPS) is 11.0. The van der Waals surface area contributed by atoms with Crippen molar-refractivity contribution in [3.05, 3.63) is 94.5 Å². The molecule has 1 amide bonds. The Balaban J connectivity index is 1.33. The highest BCUT2D eigenvalue weighted by Crippen LogP contribution is 2.26. The molecule has 9 heteroatoms. The lowest BCUT2D eigenvalue weighted by Crippen LogP contribution is -2.34. The minimum atomic E-state index is -0.324. The summed E-state index contributed by atoms with van der Waals surface area (Å²) in [5.74, 6) is -0.324. The lowest BCUT2D eigenvalue weighted by atomic mass is 10.0. The van der Waals surface area contributed by atoms with Gasteiger partial charge in [-0.15, -0.1) is 10.2 Å². The zero-order valence-corrected chi connectivity index (χ0v) is 19.2. The van der Waals surface area contributed by atoms with Crippen molar-refractivity contribution in [3.63, 3.8) is 0 Å². The van der Waals surface area contributed by atoms with Gasteiger partial charge in [0.2, 0.25) is 0 Å². The number of nitrogens with zero attached hydrogens (tertiary/aromatic N) is 3. The second-order valence-electron chi connectivity index (χ2n) is 7.22. The van der Waals surface area contributed by atoms with Crippen LogP contribution in [-0.4, -0.2) is 26.0 Å². The summed E-state index contributed by atoms with van der Waals surface area (Å²) in [5, 5.41) is 17.7. The maximum Gasteiger partial charge on any atom is 0.258 e. The molecule has 0 spiro atoms. The predicted octanol–water partition coefficient (Wildman–Crippen LogP) is 6.01. The quantitative estimate of drug-likeness (QED) is 0.302. The van der Waals surface area contributed by atoms with Crippen molar-refractivity contribution in [2.45, 2.75) is 0 Å². The van der Waals surface area contributed by atoms with Crippen LogP contribution in [-0.2, 0) is 0 Å². The number of rotatable bonds is 3. The van der Waals surface area contributed by atoms with Crippen LogP contribution in [0.2, 0.25) is 10.0 Å². The van der Waals surface area contributed by atoms with E-state index < -0.39 is 0 Å². The third kappa shape index (κ3) is 4.39. The molecule has 0 aliphatic carbocycles. The SMILES string of the molecule is O=C(NC(=S)Nc1ccc2nn(-c3ccc(Cl)cc3)nc2c1)c1cccc2c(Cl)cccc12. The summed E-state index contributed by atoms with van der Waals surface area (Å²) in [5.41, 5.74) is 3.35. The highest BCUT2D eigenvalue weighted by Gasteiger charge is 2.13. The Morgan fingerprint density at radius 2 is 1.58 bits per heavy atom. The standard InChI is InChI=1S/C24H15Cl2N5OS/c25-14-7-10-16(11-8-14)31-29-21-12-9-15(13-22(21)30-31)27-24(33)28-23(32)19-5-1-4-18-17(19)3-2-6-20(18)26/h1-13H,(H2,27,28,32,33). The van der Waals surface area contributed by atoms with Crippen LogP contribution < -0.4 is 10.6 Å². The fourth-order valence-corrected chi connectivity index (χ4v) is 4.06. The molecule has 2 N–H and O–H groups in total.